The Labute approximate surface area is 116 Å². The van der Waals surface area contributed by atoms with Gasteiger partial charge < -0.3 is 10.1 Å². The summed E-state index contributed by atoms with van der Waals surface area (Å²) in [6, 6.07) is 5.69. The van der Waals surface area contributed by atoms with Crippen molar-refractivity contribution in [2.24, 2.45) is 0 Å². The van der Waals surface area contributed by atoms with Gasteiger partial charge in [0.25, 0.3) is 0 Å². The van der Waals surface area contributed by atoms with Crippen molar-refractivity contribution in [3.63, 3.8) is 0 Å². The predicted molar refractivity (Wildman–Crippen MR) is 75.4 cm³/mol. The van der Waals surface area contributed by atoms with Gasteiger partial charge in [-0.1, -0.05) is 17.7 Å². The second-order valence-electron chi connectivity index (χ2n) is 3.89. The molecular weight excluding hydrogens is 268 g/mol. The fraction of sp³-hybridized carbons (Fsp3) is 0.308. The highest BCUT2D eigenvalue weighted by molar-refractivity contribution is 7.09. The minimum Gasteiger partial charge on any atom is -0.487 e. The van der Waals surface area contributed by atoms with Crippen molar-refractivity contribution in [3.05, 3.63) is 44.9 Å². The first-order chi connectivity index (χ1) is 8.70. The molecular formula is C13H15ClN2OS. The maximum absolute atomic E-state index is 6.16. The number of benzene rings is 1. The van der Waals surface area contributed by atoms with Gasteiger partial charge in [-0.15, -0.1) is 11.3 Å². The molecule has 3 nitrogen and oxygen atoms in total. The first kappa shape index (κ1) is 13.3. The number of hydrogen-bond acceptors (Lipinski definition) is 4. The van der Waals surface area contributed by atoms with Crippen LogP contribution in [0.5, 0.6) is 5.75 Å². The van der Waals surface area contributed by atoms with Gasteiger partial charge >= 0.3 is 0 Å². The van der Waals surface area contributed by atoms with Crippen LogP contribution in [0, 0.1) is 6.92 Å². The highest BCUT2D eigenvalue weighted by atomic mass is 35.5. The molecule has 0 unspecified atom stereocenters. The molecule has 1 aromatic carbocycles. The van der Waals surface area contributed by atoms with Crippen LogP contribution >= 0.6 is 22.9 Å². The van der Waals surface area contributed by atoms with Crippen molar-refractivity contribution in [2.45, 2.75) is 20.1 Å². The highest BCUT2D eigenvalue weighted by Crippen LogP contribution is 2.27. The third-order valence-corrected chi connectivity index (χ3v) is 3.65. The summed E-state index contributed by atoms with van der Waals surface area (Å²) in [6.45, 7) is 3.15. The van der Waals surface area contributed by atoms with Crippen LogP contribution in [0.1, 0.15) is 16.3 Å². The molecule has 0 fully saturated rings. The third-order valence-electron chi connectivity index (χ3n) is 2.47. The summed E-state index contributed by atoms with van der Waals surface area (Å²) in [4.78, 5) is 4.37. The molecule has 0 amide bonds. The van der Waals surface area contributed by atoms with Gasteiger partial charge in [-0.3, -0.25) is 0 Å². The summed E-state index contributed by atoms with van der Waals surface area (Å²) in [6.07, 6.45) is 0. The lowest BCUT2D eigenvalue weighted by atomic mass is 10.2. The summed E-state index contributed by atoms with van der Waals surface area (Å²) >= 11 is 7.79. The molecule has 0 aliphatic rings. The third kappa shape index (κ3) is 3.22. The Kier molecular flexibility index (Phi) is 4.58. The summed E-state index contributed by atoms with van der Waals surface area (Å²) in [5.74, 6) is 0.808. The van der Waals surface area contributed by atoms with Crippen LogP contribution in [0.3, 0.4) is 0 Å². The van der Waals surface area contributed by atoms with Crippen LogP contribution in [0.2, 0.25) is 5.02 Å². The molecule has 0 saturated heterocycles. The fourth-order valence-electron chi connectivity index (χ4n) is 1.65. The summed E-state index contributed by atoms with van der Waals surface area (Å²) in [5, 5.41) is 6.87. The molecule has 0 spiro atoms. The molecule has 0 bridgehead atoms. The number of ether oxygens (including phenoxy) is 1. The molecule has 0 saturated carbocycles. The Morgan fingerprint density at radius 2 is 2.28 bits per heavy atom. The Hall–Kier alpha value is -1.10. The maximum Gasteiger partial charge on any atom is 0.131 e. The number of halogens is 1. The van der Waals surface area contributed by atoms with E-state index in [1.807, 2.05) is 37.6 Å². The molecule has 1 heterocycles. The fourth-order valence-corrected chi connectivity index (χ4v) is 2.48. The van der Waals surface area contributed by atoms with Crippen molar-refractivity contribution in [3.8, 4) is 5.75 Å². The van der Waals surface area contributed by atoms with E-state index in [0.717, 1.165) is 27.0 Å². The SMILES string of the molecule is CNCc1c(Cl)cccc1OCc1csc(C)n1. The largest absolute Gasteiger partial charge is 0.487 e. The second kappa shape index (κ2) is 6.18. The minimum atomic E-state index is 0.474. The zero-order valence-electron chi connectivity index (χ0n) is 10.4. The monoisotopic (exact) mass is 282 g/mol. The van der Waals surface area contributed by atoms with E-state index in [4.69, 9.17) is 16.3 Å². The molecule has 18 heavy (non-hydrogen) atoms. The molecule has 0 radical (unpaired) electrons. The summed E-state index contributed by atoms with van der Waals surface area (Å²) < 4.78 is 5.79. The van der Waals surface area contributed by atoms with Gasteiger partial charge in [-0.25, -0.2) is 4.98 Å². The van der Waals surface area contributed by atoms with Crippen molar-refractivity contribution in [1.29, 1.82) is 0 Å². The Balaban J connectivity index is 2.11. The van der Waals surface area contributed by atoms with Crippen molar-refractivity contribution < 1.29 is 4.74 Å². The van der Waals surface area contributed by atoms with E-state index in [1.165, 1.54) is 0 Å². The number of hydrogen-bond donors (Lipinski definition) is 1. The Morgan fingerprint density at radius 1 is 1.44 bits per heavy atom. The van der Waals surface area contributed by atoms with E-state index in [0.29, 0.717) is 13.2 Å². The lowest BCUT2D eigenvalue weighted by molar-refractivity contribution is 0.298. The van der Waals surface area contributed by atoms with E-state index in [9.17, 15) is 0 Å². The lowest BCUT2D eigenvalue weighted by Crippen LogP contribution is -2.08. The van der Waals surface area contributed by atoms with Crippen molar-refractivity contribution in [2.75, 3.05) is 7.05 Å². The van der Waals surface area contributed by atoms with Crippen LogP contribution < -0.4 is 10.1 Å². The molecule has 1 N–H and O–H groups in total. The quantitative estimate of drug-likeness (QED) is 0.913. The smallest absolute Gasteiger partial charge is 0.131 e. The van der Waals surface area contributed by atoms with Crippen LogP contribution in [-0.2, 0) is 13.2 Å². The van der Waals surface area contributed by atoms with Crippen LogP contribution in [-0.4, -0.2) is 12.0 Å². The average molecular weight is 283 g/mol. The van der Waals surface area contributed by atoms with Gasteiger partial charge in [0.2, 0.25) is 0 Å². The van der Waals surface area contributed by atoms with Gasteiger partial charge in [0.15, 0.2) is 0 Å². The molecule has 0 aliphatic heterocycles. The van der Waals surface area contributed by atoms with E-state index in [2.05, 4.69) is 10.3 Å². The normalized spacial score (nSPS) is 10.6. The zero-order valence-corrected chi connectivity index (χ0v) is 11.9. The van der Waals surface area contributed by atoms with Crippen molar-refractivity contribution >= 4 is 22.9 Å². The van der Waals surface area contributed by atoms with Crippen LogP contribution in [0.15, 0.2) is 23.6 Å². The van der Waals surface area contributed by atoms with E-state index in [-0.39, 0.29) is 0 Å². The number of nitrogens with zero attached hydrogens (tertiary/aromatic N) is 1. The molecule has 0 atom stereocenters. The van der Waals surface area contributed by atoms with Gasteiger partial charge in [-0.05, 0) is 26.1 Å². The molecule has 2 aromatic rings. The highest BCUT2D eigenvalue weighted by Gasteiger charge is 2.08. The lowest BCUT2D eigenvalue weighted by Gasteiger charge is -2.11. The molecule has 0 aliphatic carbocycles. The van der Waals surface area contributed by atoms with Crippen molar-refractivity contribution in [1.82, 2.24) is 10.3 Å². The molecule has 5 heteroatoms. The minimum absolute atomic E-state index is 0.474. The predicted octanol–water partition coefficient (Wildman–Crippen LogP) is 3.40. The van der Waals surface area contributed by atoms with E-state index < -0.39 is 0 Å². The summed E-state index contributed by atoms with van der Waals surface area (Å²) in [5.41, 5.74) is 1.93. The zero-order chi connectivity index (χ0) is 13.0. The second-order valence-corrected chi connectivity index (χ2v) is 5.36. The number of nitrogens with one attached hydrogen (secondary N) is 1. The van der Waals surface area contributed by atoms with Crippen LogP contribution in [0.4, 0.5) is 0 Å². The first-order valence-corrected chi connectivity index (χ1v) is 6.92. The van der Waals surface area contributed by atoms with Gasteiger partial charge in [0, 0.05) is 22.5 Å². The number of thiazole rings is 1. The van der Waals surface area contributed by atoms with Crippen LogP contribution in [0.25, 0.3) is 0 Å². The van der Waals surface area contributed by atoms with E-state index >= 15 is 0 Å². The molecule has 2 rings (SSSR count). The maximum atomic E-state index is 6.16. The first-order valence-electron chi connectivity index (χ1n) is 5.66. The Bertz CT molecular complexity index is 527. The van der Waals surface area contributed by atoms with Gasteiger partial charge in [0.05, 0.1) is 10.7 Å². The molecule has 96 valence electrons. The number of aromatic nitrogens is 1. The average Bonchev–Trinajstić information content (AvgIpc) is 2.76. The topological polar surface area (TPSA) is 34.1 Å². The standard InChI is InChI=1S/C13H15ClN2OS/c1-9-16-10(8-18-9)7-17-13-5-3-4-12(14)11(13)6-15-2/h3-5,8,15H,6-7H2,1-2H3. The number of rotatable bonds is 5. The Morgan fingerprint density at radius 3 is 2.94 bits per heavy atom. The number of aryl methyl sites for hydroxylation is 1. The van der Waals surface area contributed by atoms with Gasteiger partial charge in [-0.2, -0.15) is 0 Å². The summed E-state index contributed by atoms with van der Waals surface area (Å²) in [7, 11) is 1.89. The molecule has 1 aromatic heterocycles. The van der Waals surface area contributed by atoms with Gasteiger partial charge in [0.1, 0.15) is 12.4 Å². The van der Waals surface area contributed by atoms with E-state index in [1.54, 1.807) is 11.3 Å².